The maximum absolute atomic E-state index is 13.6. The number of carbonyl (C=O) groups is 1. The molecule has 0 aromatic heterocycles. The Labute approximate surface area is 200 Å². The highest BCUT2D eigenvalue weighted by atomic mass is 16.5. The van der Waals surface area contributed by atoms with Crippen molar-refractivity contribution in [3.8, 4) is 5.75 Å². The van der Waals surface area contributed by atoms with E-state index in [-0.39, 0.29) is 12.1 Å². The third-order valence-corrected chi connectivity index (χ3v) is 6.21. The molecule has 1 atom stereocenters. The van der Waals surface area contributed by atoms with Gasteiger partial charge in [-0.1, -0.05) is 91.0 Å². The summed E-state index contributed by atoms with van der Waals surface area (Å²) in [6.45, 7) is 1.18. The molecule has 1 amide bonds. The predicted octanol–water partition coefficient (Wildman–Crippen LogP) is 6.12. The van der Waals surface area contributed by atoms with E-state index < -0.39 is 0 Å². The van der Waals surface area contributed by atoms with Gasteiger partial charge in [0, 0.05) is 24.2 Å². The summed E-state index contributed by atoms with van der Waals surface area (Å²) in [4.78, 5) is 15.5. The fourth-order valence-corrected chi connectivity index (χ4v) is 4.42. The number of para-hydroxylation sites is 2. The third-order valence-electron chi connectivity index (χ3n) is 6.21. The van der Waals surface area contributed by atoms with E-state index in [9.17, 15) is 4.79 Å². The molecule has 4 aromatic rings. The molecule has 1 unspecified atom stereocenters. The molecular weight excluding hydrogens is 420 g/mol. The topological polar surface area (TPSA) is 41.6 Å². The molecule has 1 N–H and O–H groups in total. The van der Waals surface area contributed by atoms with E-state index in [2.05, 4.69) is 29.6 Å². The van der Waals surface area contributed by atoms with Crippen molar-refractivity contribution in [2.24, 2.45) is 0 Å². The van der Waals surface area contributed by atoms with Crippen molar-refractivity contribution in [1.29, 1.82) is 0 Å². The molecule has 0 spiro atoms. The molecule has 0 bridgehead atoms. The normalized spacial score (nSPS) is 14.9. The van der Waals surface area contributed by atoms with Crippen LogP contribution in [0.3, 0.4) is 0 Å². The van der Waals surface area contributed by atoms with Crippen molar-refractivity contribution < 1.29 is 9.53 Å². The summed E-state index contributed by atoms with van der Waals surface area (Å²) in [7, 11) is 0. The van der Waals surface area contributed by atoms with Gasteiger partial charge in [-0.15, -0.1) is 0 Å². The molecule has 1 aliphatic heterocycles. The van der Waals surface area contributed by atoms with E-state index in [1.165, 1.54) is 11.1 Å². The highest BCUT2D eigenvalue weighted by molar-refractivity contribution is 6.01. The highest BCUT2D eigenvalue weighted by Gasteiger charge is 2.34. The maximum Gasteiger partial charge on any atom is 0.257 e. The number of anilines is 1. The molecule has 34 heavy (non-hydrogen) atoms. The predicted molar refractivity (Wildman–Crippen MR) is 136 cm³/mol. The Hall–Kier alpha value is -4.05. The zero-order chi connectivity index (χ0) is 23.2. The molecular formula is C30H28N2O2. The quantitative estimate of drug-likeness (QED) is 0.353. The number of rotatable bonds is 8. The molecule has 0 saturated carbocycles. The Morgan fingerprint density at radius 1 is 0.706 bits per heavy atom. The van der Waals surface area contributed by atoms with Crippen molar-refractivity contribution in [3.63, 3.8) is 0 Å². The number of amides is 1. The second-order valence-electron chi connectivity index (χ2n) is 8.45. The van der Waals surface area contributed by atoms with Gasteiger partial charge in [0.1, 0.15) is 11.9 Å². The van der Waals surface area contributed by atoms with Gasteiger partial charge in [0.2, 0.25) is 0 Å². The maximum atomic E-state index is 13.6. The van der Waals surface area contributed by atoms with E-state index in [4.69, 9.17) is 4.74 Å². The molecule has 0 saturated heterocycles. The molecule has 1 heterocycles. The minimum atomic E-state index is -0.306. The van der Waals surface area contributed by atoms with Gasteiger partial charge in [-0.2, -0.15) is 0 Å². The number of nitrogens with one attached hydrogen (secondary N) is 1. The first-order valence-corrected chi connectivity index (χ1v) is 11.8. The number of hydrogen-bond donors (Lipinski definition) is 1. The second-order valence-corrected chi connectivity index (χ2v) is 8.45. The molecule has 5 rings (SSSR count). The lowest BCUT2D eigenvalue weighted by Crippen LogP contribution is -2.44. The first kappa shape index (κ1) is 21.8. The molecule has 4 nitrogen and oxygen atoms in total. The van der Waals surface area contributed by atoms with Crippen LogP contribution in [0.1, 0.15) is 33.2 Å². The first-order chi connectivity index (χ1) is 16.8. The van der Waals surface area contributed by atoms with Crippen LogP contribution >= 0.6 is 0 Å². The first-order valence-electron chi connectivity index (χ1n) is 11.8. The van der Waals surface area contributed by atoms with Gasteiger partial charge in [-0.25, -0.2) is 0 Å². The summed E-state index contributed by atoms with van der Waals surface area (Å²) in [6, 6.07) is 36.4. The van der Waals surface area contributed by atoms with E-state index >= 15 is 0 Å². The summed E-state index contributed by atoms with van der Waals surface area (Å²) in [5.74, 6) is 0.835. The lowest BCUT2D eigenvalue weighted by Gasteiger charge is -2.38. The second kappa shape index (κ2) is 10.3. The molecule has 170 valence electrons. The van der Waals surface area contributed by atoms with E-state index in [0.717, 1.165) is 29.8 Å². The standard InChI is InChI=1S/C30H28N2O2/c33-30-25-15-7-9-17-27(25)31-29(32(30)21-19-23-11-3-1-4-12-23)26-16-8-10-18-28(26)34-22-20-24-13-5-2-6-14-24/h1-18,29,31H,19-22H2. The Bertz CT molecular complexity index is 1240. The SMILES string of the molecule is O=C1c2ccccc2NC(c2ccccc2OCCc2ccccc2)N1CCc1ccccc1. The lowest BCUT2D eigenvalue weighted by molar-refractivity contribution is 0.0683. The van der Waals surface area contributed by atoms with Crippen molar-refractivity contribution in [2.45, 2.75) is 19.0 Å². The van der Waals surface area contributed by atoms with Crippen LogP contribution in [-0.2, 0) is 12.8 Å². The van der Waals surface area contributed by atoms with Gasteiger partial charge in [0.05, 0.1) is 12.2 Å². The van der Waals surface area contributed by atoms with Crippen LogP contribution in [-0.4, -0.2) is 24.0 Å². The van der Waals surface area contributed by atoms with Crippen LogP contribution in [0.4, 0.5) is 5.69 Å². The Balaban J connectivity index is 1.41. The summed E-state index contributed by atoms with van der Waals surface area (Å²) in [5.41, 5.74) is 4.97. The largest absolute Gasteiger partial charge is 0.493 e. The Kier molecular flexibility index (Phi) is 6.57. The fourth-order valence-electron chi connectivity index (χ4n) is 4.42. The highest BCUT2D eigenvalue weighted by Crippen LogP contribution is 2.36. The van der Waals surface area contributed by atoms with Crippen molar-refractivity contribution in [1.82, 2.24) is 4.90 Å². The van der Waals surface area contributed by atoms with Gasteiger partial charge < -0.3 is 15.0 Å². The van der Waals surface area contributed by atoms with Crippen LogP contribution in [0, 0.1) is 0 Å². The zero-order valence-corrected chi connectivity index (χ0v) is 19.1. The van der Waals surface area contributed by atoms with E-state index in [1.54, 1.807) is 0 Å². The van der Waals surface area contributed by atoms with E-state index in [0.29, 0.717) is 18.7 Å². The van der Waals surface area contributed by atoms with Crippen molar-refractivity contribution >= 4 is 11.6 Å². The minimum absolute atomic E-state index is 0.0365. The van der Waals surface area contributed by atoms with Crippen molar-refractivity contribution in [3.05, 3.63) is 131 Å². The Morgan fingerprint density at radius 3 is 2.09 bits per heavy atom. The van der Waals surface area contributed by atoms with Gasteiger partial charge in [-0.05, 0) is 35.7 Å². The monoisotopic (exact) mass is 448 g/mol. The number of carbonyl (C=O) groups excluding carboxylic acids is 1. The molecule has 1 aliphatic rings. The molecule has 0 fully saturated rings. The van der Waals surface area contributed by atoms with E-state index in [1.807, 2.05) is 89.8 Å². The summed E-state index contributed by atoms with van der Waals surface area (Å²) in [6.07, 6.45) is 1.30. The van der Waals surface area contributed by atoms with Crippen LogP contribution in [0.2, 0.25) is 0 Å². The van der Waals surface area contributed by atoms with Crippen LogP contribution in [0.5, 0.6) is 5.75 Å². The zero-order valence-electron chi connectivity index (χ0n) is 19.1. The fraction of sp³-hybridized carbons (Fsp3) is 0.167. The Morgan fingerprint density at radius 2 is 1.32 bits per heavy atom. The number of benzene rings is 4. The van der Waals surface area contributed by atoms with Gasteiger partial charge in [-0.3, -0.25) is 4.79 Å². The third kappa shape index (κ3) is 4.81. The van der Waals surface area contributed by atoms with Crippen LogP contribution < -0.4 is 10.1 Å². The van der Waals surface area contributed by atoms with Crippen LogP contribution in [0.25, 0.3) is 0 Å². The lowest BCUT2D eigenvalue weighted by atomic mass is 10.0. The molecule has 0 radical (unpaired) electrons. The number of nitrogens with zero attached hydrogens (tertiary/aromatic N) is 1. The molecule has 4 heteroatoms. The number of ether oxygens (including phenoxy) is 1. The minimum Gasteiger partial charge on any atom is -0.493 e. The summed E-state index contributed by atoms with van der Waals surface area (Å²) < 4.78 is 6.25. The van der Waals surface area contributed by atoms with Crippen LogP contribution in [0.15, 0.2) is 109 Å². The number of fused-ring (bicyclic) bond motifs is 1. The van der Waals surface area contributed by atoms with Gasteiger partial charge in [0.25, 0.3) is 5.91 Å². The summed E-state index contributed by atoms with van der Waals surface area (Å²) >= 11 is 0. The van der Waals surface area contributed by atoms with Crippen molar-refractivity contribution in [2.75, 3.05) is 18.5 Å². The van der Waals surface area contributed by atoms with Gasteiger partial charge in [0.15, 0.2) is 0 Å². The summed E-state index contributed by atoms with van der Waals surface area (Å²) in [5, 5.41) is 3.60. The average molecular weight is 449 g/mol. The number of hydrogen-bond acceptors (Lipinski definition) is 3. The smallest absolute Gasteiger partial charge is 0.257 e. The molecule has 4 aromatic carbocycles. The molecule has 0 aliphatic carbocycles. The average Bonchev–Trinajstić information content (AvgIpc) is 2.90. The van der Waals surface area contributed by atoms with Gasteiger partial charge >= 0.3 is 0 Å².